The molecule has 150 valence electrons. The summed E-state index contributed by atoms with van der Waals surface area (Å²) in [4.78, 5) is 7.69. The molecule has 1 saturated heterocycles. The van der Waals surface area contributed by atoms with Gasteiger partial charge in [-0.25, -0.2) is 8.78 Å². The quantitative estimate of drug-likeness (QED) is 0.690. The van der Waals surface area contributed by atoms with E-state index in [0.717, 1.165) is 54.9 Å². The number of benzene rings is 1. The van der Waals surface area contributed by atoms with Crippen LogP contribution in [0.3, 0.4) is 0 Å². The molecule has 0 saturated carbocycles. The number of alkyl halides is 2. The van der Waals surface area contributed by atoms with Crippen LogP contribution >= 0.6 is 12.2 Å². The lowest BCUT2D eigenvalue weighted by Crippen LogP contribution is -2.45. The summed E-state index contributed by atoms with van der Waals surface area (Å²) in [6, 6.07) is 10.8. The van der Waals surface area contributed by atoms with E-state index in [1.54, 1.807) is 6.07 Å². The van der Waals surface area contributed by atoms with Gasteiger partial charge < -0.3 is 10.2 Å². The number of hydrogen-bond acceptors (Lipinski definition) is 3. The molecule has 2 heterocycles. The van der Waals surface area contributed by atoms with Crippen LogP contribution in [0.5, 0.6) is 0 Å². The number of pyridine rings is 1. The summed E-state index contributed by atoms with van der Waals surface area (Å²) in [5, 5.41) is 3.41. The van der Waals surface area contributed by atoms with Crippen LogP contribution in [0, 0.1) is 13.8 Å². The summed E-state index contributed by atoms with van der Waals surface area (Å²) in [5.74, 6) is -2.84. The minimum Gasteiger partial charge on any atom is -0.381 e. The Kier molecular flexibility index (Phi) is 6.28. The molecule has 1 N–H and O–H groups in total. The Bertz CT molecular complexity index is 828. The number of nitrogens with one attached hydrogen (secondary N) is 1. The zero-order valence-electron chi connectivity index (χ0n) is 16.6. The average molecular weight is 404 g/mol. The first kappa shape index (κ1) is 20.6. The third-order valence-corrected chi connectivity index (χ3v) is 5.40. The number of halogens is 2. The van der Waals surface area contributed by atoms with E-state index in [-0.39, 0.29) is 11.6 Å². The number of likely N-dealkylation sites (tertiary alicyclic amines) is 1. The molecule has 1 aliphatic heterocycles. The first-order valence-corrected chi connectivity index (χ1v) is 10.1. The molecule has 28 heavy (non-hydrogen) atoms. The number of aryl methyl sites for hydroxylation is 2. The molecular weight excluding hydrogens is 376 g/mol. The lowest BCUT2D eigenvalue weighted by molar-refractivity contribution is 0.0175. The van der Waals surface area contributed by atoms with Crippen molar-refractivity contribution in [1.82, 2.24) is 9.88 Å². The van der Waals surface area contributed by atoms with Gasteiger partial charge in [0.05, 0.1) is 4.99 Å². The molecule has 6 heteroatoms. The van der Waals surface area contributed by atoms with Crippen LogP contribution in [0.2, 0.25) is 0 Å². The van der Waals surface area contributed by atoms with Crippen molar-refractivity contribution >= 4 is 22.9 Å². The Morgan fingerprint density at radius 3 is 2.79 bits per heavy atom. The fourth-order valence-electron chi connectivity index (χ4n) is 3.72. The first-order chi connectivity index (χ1) is 13.2. The second-order valence-corrected chi connectivity index (χ2v) is 8.22. The smallest absolute Gasteiger partial charge is 0.270 e. The van der Waals surface area contributed by atoms with Crippen molar-refractivity contribution in [3.8, 4) is 0 Å². The zero-order chi connectivity index (χ0) is 20.3. The Morgan fingerprint density at radius 2 is 2.07 bits per heavy atom. The van der Waals surface area contributed by atoms with Gasteiger partial charge in [-0.15, -0.1) is 0 Å². The Hall–Kier alpha value is -2.08. The average Bonchev–Trinajstić information content (AvgIpc) is 2.60. The molecule has 1 aromatic carbocycles. The number of hydrogen-bond donors (Lipinski definition) is 1. The predicted molar refractivity (Wildman–Crippen MR) is 114 cm³/mol. The monoisotopic (exact) mass is 403 g/mol. The SMILES string of the molecule is Cc1cc(C)nc(CC(=S)N2CCCC(Nc3cccc(C(C)(F)F)c3)C2)c1. The van der Waals surface area contributed by atoms with E-state index in [4.69, 9.17) is 12.2 Å². The van der Waals surface area contributed by atoms with E-state index < -0.39 is 5.92 Å². The van der Waals surface area contributed by atoms with Crippen LogP contribution in [0.15, 0.2) is 36.4 Å². The molecule has 0 aliphatic carbocycles. The Morgan fingerprint density at radius 1 is 1.29 bits per heavy atom. The third-order valence-electron chi connectivity index (χ3n) is 5.00. The Balaban J connectivity index is 1.63. The predicted octanol–water partition coefficient (Wildman–Crippen LogP) is 5.26. The number of thiocarbonyl (C=S) groups is 1. The highest BCUT2D eigenvalue weighted by molar-refractivity contribution is 7.80. The van der Waals surface area contributed by atoms with Gasteiger partial charge in [0.25, 0.3) is 5.92 Å². The van der Waals surface area contributed by atoms with E-state index >= 15 is 0 Å². The Labute approximate surface area is 171 Å². The normalized spacial score (nSPS) is 17.5. The summed E-state index contributed by atoms with van der Waals surface area (Å²) < 4.78 is 27.2. The van der Waals surface area contributed by atoms with Gasteiger partial charge in [0.1, 0.15) is 0 Å². The van der Waals surface area contributed by atoms with Crippen molar-refractivity contribution in [1.29, 1.82) is 0 Å². The molecule has 1 aromatic heterocycles. The molecule has 0 amide bonds. The molecule has 0 spiro atoms. The van der Waals surface area contributed by atoms with E-state index in [9.17, 15) is 8.78 Å². The standard InChI is InChI=1S/C22H27F2N3S/c1-15-10-16(2)25-20(11-15)13-21(28)27-9-5-8-19(14-27)26-18-7-4-6-17(12-18)22(3,23)24/h4,6-7,10-12,19,26H,5,8-9,13-14H2,1-3H3. The second kappa shape index (κ2) is 8.52. The lowest BCUT2D eigenvalue weighted by atomic mass is 10.0. The van der Waals surface area contributed by atoms with Crippen molar-refractivity contribution in [3.05, 3.63) is 58.9 Å². The highest BCUT2D eigenvalue weighted by atomic mass is 32.1. The molecule has 0 radical (unpaired) electrons. The summed E-state index contributed by atoms with van der Waals surface area (Å²) in [6.45, 7) is 6.68. The number of aromatic nitrogens is 1. The highest BCUT2D eigenvalue weighted by Crippen LogP contribution is 2.29. The van der Waals surface area contributed by atoms with Gasteiger partial charge in [-0.2, -0.15) is 0 Å². The van der Waals surface area contributed by atoms with Crippen molar-refractivity contribution in [2.24, 2.45) is 0 Å². The highest BCUT2D eigenvalue weighted by Gasteiger charge is 2.25. The maximum absolute atomic E-state index is 13.6. The summed E-state index contributed by atoms with van der Waals surface area (Å²) >= 11 is 5.69. The van der Waals surface area contributed by atoms with E-state index in [2.05, 4.69) is 34.3 Å². The topological polar surface area (TPSA) is 28.2 Å². The van der Waals surface area contributed by atoms with Crippen LogP contribution in [0.25, 0.3) is 0 Å². The van der Waals surface area contributed by atoms with Crippen molar-refractivity contribution in [2.45, 2.75) is 52.0 Å². The van der Waals surface area contributed by atoms with Crippen molar-refractivity contribution in [2.75, 3.05) is 18.4 Å². The van der Waals surface area contributed by atoms with Crippen LogP contribution in [0.4, 0.5) is 14.5 Å². The van der Waals surface area contributed by atoms with E-state index in [1.807, 2.05) is 13.0 Å². The molecule has 0 bridgehead atoms. The lowest BCUT2D eigenvalue weighted by Gasteiger charge is -2.35. The van der Waals surface area contributed by atoms with Gasteiger partial charge in [0, 0.05) is 55.1 Å². The first-order valence-electron chi connectivity index (χ1n) is 9.67. The fraction of sp³-hybridized carbons (Fsp3) is 0.455. The van der Waals surface area contributed by atoms with Gasteiger partial charge in [0.15, 0.2) is 0 Å². The van der Waals surface area contributed by atoms with Crippen LogP contribution in [-0.4, -0.2) is 34.0 Å². The summed E-state index contributed by atoms with van der Waals surface area (Å²) in [7, 11) is 0. The minimum atomic E-state index is -2.84. The van der Waals surface area contributed by atoms with Crippen molar-refractivity contribution in [3.63, 3.8) is 0 Å². The summed E-state index contributed by atoms with van der Waals surface area (Å²) in [5.41, 5.74) is 3.95. The molecule has 1 aliphatic rings. The van der Waals surface area contributed by atoms with Crippen LogP contribution < -0.4 is 5.32 Å². The molecule has 1 atom stereocenters. The third kappa shape index (κ3) is 5.47. The van der Waals surface area contributed by atoms with Gasteiger partial charge in [-0.05, 0) is 56.5 Å². The maximum Gasteiger partial charge on any atom is 0.270 e. The largest absolute Gasteiger partial charge is 0.381 e. The zero-order valence-corrected chi connectivity index (χ0v) is 17.5. The number of rotatable bonds is 5. The van der Waals surface area contributed by atoms with Crippen LogP contribution in [0.1, 0.15) is 42.3 Å². The molecule has 1 unspecified atom stereocenters. The van der Waals surface area contributed by atoms with Gasteiger partial charge in [-0.3, -0.25) is 4.98 Å². The second-order valence-electron chi connectivity index (χ2n) is 7.75. The molecule has 3 rings (SSSR count). The number of piperidine rings is 1. The molecule has 1 fully saturated rings. The van der Waals surface area contributed by atoms with Gasteiger partial charge in [0.2, 0.25) is 0 Å². The van der Waals surface area contributed by atoms with Gasteiger partial charge in [-0.1, -0.05) is 24.4 Å². The number of anilines is 1. The summed E-state index contributed by atoms with van der Waals surface area (Å²) in [6.07, 6.45) is 2.66. The van der Waals surface area contributed by atoms with Gasteiger partial charge >= 0.3 is 0 Å². The molecule has 2 aromatic rings. The fourth-order valence-corrected chi connectivity index (χ4v) is 4.04. The van der Waals surface area contributed by atoms with Crippen molar-refractivity contribution < 1.29 is 8.78 Å². The van der Waals surface area contributed by atoms with E-state index in [1.165, 1.54) is 17.7 Å². The minimum absolute atomic E-state index is 0.0292. The molecule has 3 nitrogen and oxygen atoms in total. The van der Waals surface area contributed by atoms with E-state index in [0.29, 0.717) is 6.42 Å². The maximum atomic E-state index is 13.6. The van der Waals surface area contributed by atoms with Crippen LogP contribution in [-0.2, 0) is 12.3 Å². The molecular formula is C22H27F2N3S. The number of nitrogens with zero attached hydrogens (tertiary/aromatic N) is 2.